The molecule has 0 fully saturated rings. The molecule has 2 aromatic rings. The maximum atomic E-state index is 12.7. The molecule has 134 valence electrons. The Morgan fingerprint density at radius 1 is 1.12 bits per heavy atom. The summed E-state index contributed by atoms with van der Waals surface area (Å²) < 4.78 is 11.4. The summed E-state index contributed by atoms with van der Waals surface area (Å²) >= 11 is 0. The molecule has 0 aliphatic carbocycles. The van der Waals surface area contributed by atoms with Crippen LogP contribution < -0.4 is 14.8 Å². The van der Waals surface area contributed by atoms with Gasteiger partial charge in [-0.25, -0.2) is 0 Å². The van der Waals surface area contributed by atoms with Crippen LogP contribution in [0.1, 0.15) is 43.0 Å². The van der Waals surface area contributed by atoms with Crippen molar-refractivity contribution in [3.63, 3.8) is 0 Å². The lowest BCUT2D eigenvalue weighted by Crippen LogP contribution is -2.39. The Morgan fingerprint density at radius 3 is 2.52 bits per heavy atom. The van der Waals surface area contributed by atoms with Gasteiger partial charge in [-0.05, 0) is 50.5 Å². The van der Waals surface area contributed by atoms with Crippen molar-refractivity contribution in [3.05, 3.63) is 59.2 Å². The predicted molar refractivity (Wildman–Crippen MR) is 100 cm³/mol. The molecule has 1 N–H and O–H groups in total. The third-order valence-electron chi connectivity index (χ3n) is 4.24. The molecule has 1 amide bonds. The van der Waals surface area contributed by atoms with Crippen molar-refractivity contribution in [2.75, 3.05) is 7.11 Å². The minimum absolute atomic E-state index is 0.123. The highest BCUT2D eigenvalue weighted by atomic mass is 16.5. The summed E-state index contributed by atoms with van der Waals surface area (Å²) in [6, 6.07) is 13.5. The van der Waals surface area contributed by atoms with E-state index >= 15 is 0 Å². The van der Waals surface area contributed by atoms with E-state index in [1.807, 2.05) is 70.2 Å². The summed E-state index contributed by atoms with van der Waals surface area (Å²) in [7, 11) is 1.63. The molecule has 0 unspecified atom stereocenters. The second-order valence-corrected chi connectivity index (χ2v) is 6.26. The predicted octanol–water partition coefficient (Wildman–Crippen LogP) is 4.35. The zero-order valence-electron chi connectivity index (χ0n) is 15.6. The number of carbonyl (C=O) groups is 1. The van der Waals surface area contributed by atoms with E-state index in [1.54, 1.807) is 7.11 Å². The number of ether oxygens (including phenoxy) is 2. The Morgan fingerprint density at radius 2 is 1.84 bits per heavy atom. The van der Waals surface area contributed by atoms with E-state index in [2.05, 4.69) is 5.32 Å². The lowest BCUT2D eigenvalue weighted by molar-refractivity contribution is -0.128. The largest absolute Gasteiger partial charge is 0.496 e. The summed E-state index contributed by atoms with van der Waals surface area (Å²) in [6.45, 7) is 7.89. The standard InChI is InChI=1S/C21H27NO3/c1-6-18(25-20-13-14(2)11-12-15(20)3)21(23)22-16(4)17-9-7-8-10-19(17)24-5/h7-13,16,18H,6H2,1-5H3,(H,22,23)/t16-,18-/m1/s1. The number of amides is 1. The number of hydrogen-bond donors (Lipinski definition) is 1. The summed E-state index contributed by atoms with van der Waals surface area (Å²) in [5, 5.41) is 3.03. The molecular formula is C21H27NO3. The molecule has 4 heteroatoms. The van der Waals surface area contributed by atoms with Crippen LogP contribution in [0.5, 0.6) is 11.5 Å². The van der Waals surface area contributed by atoms with E-state index in [-0.39, 0.29) is 11.9 Å². The Bertz CT molecular complexity index is 727. The molecule has 0 bridgehead atoms. The fourth-order valence-electron chi connectivity index (χ4n) is 2.72. The van der Waals surface area contributed by atoms with Gasteiger partial charge >= 0.3 is 0 Å². The molecule has 0 aliphatic heterocycles. The van der Waals surface area contributed by atoms with E-state index in [1.165, 1.54) is 0 Å². The first kappa shape index (κ1) is 18.8. The lowest BCUT2D eigenvalue weighted by atomic mass is 10.1. The van der Waals surface area contributed by atoms with Gasteiger partial charge in [0.25, 0.3) is 5.91 Å². The first-order chi connectivity index (χ1) is 12.0. The number of hydrogen-bond acceptors (Lipinski definition) is 3. The van der Waals surface area contributed by atoms with Crippen LogP contribution in [-0.4, -0.2) is 19.1 Å². The van der Waals surface area contributed by atoms with Crippen molar-refractivity contribution in [1.82, 2.24) is 5.32 Å². The molecule has 4 nitrogen and oxygen atoms in total. The second kappa shape index (κ2) is 8.56. The van der Waals surface area contributed by atoms with Crippen molar-refractivity contribution in [1.29, 1.82) is 0 Å². The van der Waals surface area contributed by atoms with Crippen LogP contribution in [0.4, 0.5) is 0 Å². The van der Waals surface area contributed by atoms with Gasteiger partial charge < -0.3 is 14.8 Å². The zero-order chi connectivity index (χ0) is 18.4. The van der Waals surface area contributed by atoms with E-state index in [4.69, 9.17) is 9.47 Å². The van der Waals surface area contributed by atoms with Gasteiger partial charge in [-0.1, -0.05) is 37.3 Å². The molecule has 0 saturated carbocycles. The number of benzene rings is 2. The Kier molecular flexibility index (Phi) is 6.45. The average Bonchev–Trinajstić information content (AvgIpc) is 2.62. The molecule has 0 spiro atoms. The fourth-order valence-corrected chi connectivity index (χ4v) is 2.72. The van der Waals surface area contributed by atoms with Crippen molar-refractivity contribution in [2.45, 2.75) is 46.3 Å². The number of carbonyl (C=O) groups excluding carboxylic acids is 1. The topological polar surface area (TPSA) is 47.6 Å². The maximum Gasteiger partial charge on any atom is 0.261 e. The van der Waals surface area contributed by atoms with Gasteiger partial charge in [0.2, 0.25) is 0 Å². The number of rotatable bonds is 7. The van der Waals surface area contributed by atoms with Crippen molar-refractivity contribution < 1.29 is 14.3 Å². The second-order valence-electron chi connectivity index (χ2n) is 6.26. The summed E-state index contributed by atoms with van der Waals surface area (Å²) in [5.74, 6) is 1.40. The number of para-hydroxylation sites is 1. The Labute approximate surface area is 150 Å². The molecule has 2 atom stereocenters. The van der Waals surface area contributed by atoms with Gasteiger partial charge in [0.15, 0.2) is 6.10 Å². The van der Waals surface area contributed by atoms with Gasteiger partial charge in [0.1, 0.15) is 11.5 Å². The number of methoxy groups -OCH3 is 1. The van der Waals surface area contributed by atoms with Crippen molar-refractivity contribution >= 4 is 5.91 Å². The van der Waals surface area contributed by atoms with E-state index in [0.717, 1.165) is 28.2 Å². The zero-order valence-corrected chi connectivity index (χ0v) is 15.6. The fraction of sp³-hybridized carbons (Fsp3) is 0.381. The molecular weight excluding hydrogens is 314 g/mol. The quantitative estimate of drug-likeness (QED) is 0.814. The van der Waals surface area contributed by atoms with Gasteiger partial charge in [0.05, 0.1) is 13.2 Å². The molecule has 25 heavy (non-hydrogen) atoms. The highest BCUT2D eigenvalue weighted by molar-refractivity contribution is 5.81. The molecule has 0 aliphatic rings. The molecule has 0 saturated heterocycles. The summed E-state index contributed by atoms with van der Waals surface area (Å²) in [4.78, 5) is 12.7. The van der Waals surface area contributed by atoms with Crippen molar-refractivity contribution in [2.24, 2.45) is 0 Å². The smallest absolute Gasteiger partial charge is 0.261 e. The highest BCUT2D eigenvalue weighted by Crippen LogP contribution is 2.25. The molecule has 0 radical (unpaired) electrons. The minimum Gasteiger partial charge on any atom is -0.496 e. The molecule has 2 rings (SSSR count). The number of aryl methyl sites for hydroxylation is 2. The Hall–Kier alpha value is -2.49. The van der Waals surface area contributed by atoms with Crippen molar-refractivity contribution in [3.8, 4) is 11.5 Å². The average molecular weight is 341 g/mol. The molecule has 0 aromatic heterocycles. The Balaban J connectivity index is 2.10. The highest BCUT2D eigenvalue weighted by Gasteiger charge is 2.22. The summed E-state index contributed by atoms with van der Waals surface area (Å²) in [5.41, 5.74) is 3.08. The van der Waals surface area contributed by atoms with Gasteiger partial charge in [0, 0.05) is 5.56 Å². The number of nitrogens with one attached hydrogen (secondary N) is 1. The third kappa shape index (κ3) is 4.75. The monoisotopic (exact) mass is 341 g/mol. The van der Waals surface area contributed by atoms with Crippen LogP contribution in [0.3, 0.4) is 0 Å². The van der Waals surface area contributed by atoms with Crippen LogP contribution >= 0.6 is 0 Å². The van der Waals surface area contributed by atoms with Crippen LogP contribution in [0.25, 0.3) is 0 Å². The normalized spacial score (nSPS) is 13.0. The first-order valence-corrected chi connectivity index (χ1v) is 8.63. The van der Waals surface area contributed by atoms with Gasteiger partial charge in [-0.3, -0.25) is 4.79 Å². The van der Waals surface area contributed by atoms with Crippen LogP contribution in [-0.2, 0) is 4.79 Å². The first-order valence-electron chi connectivity index (χ1n) is 8.63. The van der Waals surface area contributed by atoms with E-state index in [0.29, 0.717) is 6.42 Å². The SMILES string of the molecule is CC[C@@H](Oc1cc(C)ccc1C)C(=O)N[C@H](C)c1ccccc1OC. The molecule has 2 aromatic carbocycles. The van der Waals surface area contributed by atoms with E-state index < -0.39 is 6.10 Å². The molecule has 0 heterocycles. The third-order valence-corrected chi connectivity index (χ3v) is 4.24. The summed E-state index contributed by atoms with van der Waals surface area (Å²) in [6.07, 6.45) is 0.0652. The van der Waals surface area contributed by atoms with Gasteiger partial charge in [-0.2, -0.15) is 0 Å². The minimum atomic E-state index is -0.530. The van der Waals surface area contributed by atoms with Crippen LogP contribution in [0, 0.1) is 13.8 Å². The maximum absolute atomic E-state index is 12.7. The lowest BCUT2D eigenvalue weighted by Gasteiger charge is -2.22. The van der Waals surface area contributed by atoms with Gasteiger partial charge in [-0.15, -0.1) is 0 Å². The van der Waals surface area contributed by atoms with Crippen LogP contribution in [0.15, 0.2) is 42.5 Å². The van der Waals surface area contributed by atoms with E-state index in [9.17, 15) is 4.79 Å². The van der Waals surface area contributed by atoms with Crippen LogP contribution in [0.2, 0.25) is 0 Å².